The molecule has 5 heteroatoms. The molecule has 5 nitrogen and oxygen atoms in total. The number of rotatable bonds is 4. The van der Waals surface area contributed by atoms with E-state index in [9.17, 15) is 14.4 Å². The van der Waals surface area contributed by atoms with E-state index in [0.29, 0.717) is 11.3 Å². The van der Waals surface area contributed by atoms with Crippen molar-refractivity contribution in [1.29, 1.82) is 0 Å². The number of hydrogen-bond acceptors (Lipinski definition) is 4. The van der Waals surface area contributed by atoms with Gasteiger partial charge in [-0.2, -0.15) is 5.10 Å². The van der Waals surface area contributed by atoms with Gasteiger partial charge in [0.2, 0.25) is 0 Å². The third-order valence-electron chi connectivity index (χ3n) is 2.35. The van der Waals surface area contributed by atoms with Crippen molar-refractivity contribution < 1.29 is 14.4 Å². The van der Waals surface area contributed by atoms with E-state index in [2.05, 4.69) is 5.10 Å². The summed E-state index contributed by atoms with van der Waals surface area (Å²) < 4.78 is 1.49. The van der Waals surface area contributed by atoms with Gasteiger partial charge in [0.05, 0.1) is 11.3 Å². The molecule has 0 spiro atoms. The fourth-order valence-electron chi connectivity index (χ4n) is 1.65. The Morgan fingerprint density at radius 3 is 2.06 bits per heavy atom. The molecule has 0 saturated heterocycles. The number of aromatic nitrogens is 2. The molecule has 0 aliphatic heterocycles. The van der Waals surface area contributed by atoms with Crippen molar-refractivity contribution in [1.82, 2.24) is 9.78 Å². The molecular formula is C11H14N2O3. The van der Waals surface area contributed by atoms with E-state index in [4.69, 9.17) is 0 Å². The second-order valence-electron chi connectivity index (χ2n) is 3.82. The molecule has 86 valence electrons. The lowest BCUT2D eigenvalue weighted by Crippen LogP contribution is -2.28. The van der Waals surface area contributed by atoms with Gasteiger partial charge >= 0.3 is 0 Å². The molecule has 0 aromatic carbocycles. The molecule has 0 atom stereocenters. The summed E-state index contributed by atoms with van der Waals surface area (Å²) >= 11 is 0. The van der Waals surface area contributed by atoms with E-state index in [1.54, 1.807) is 14.0 Å². The van der Waals surface area contributed by atoms with Crippen molar-refractivity contribution in [2.75, 3.05) is 0 Å². The summed E-state index contributed by atoms with van der Waals surface area (Å²) in [4.78, 5) is 34.5. The van der Waals surface area contributed by atoms with Crippen LogP contribution in [0, 0.1) is 12.8 Å². The predicted octanol–water partition coefficient (Wildman–Crippen LogP) is 0.705. The first kappa shape index (κ1) is 12.3. The van der Waals surface area contributed by atoms with E-state index in [0.717, 1.165) is 0 Å². The standard InChI is InChI=1S/C11H14N2O3/c1-6-9(5-13(4)12-6)11(16)10(7(2)14)8(3)15/h5,10H,1-4H3. The average molecular weight is 222 g/mol. The molecular weight excluding hydrogens is 208 g/mol. The van der Waals surface area contributed by atoms with Crippen molar-refractivity contribution >= 4 is 17.3 Å². The van der Waals surface area contributed by atoms with E-state index in [-0.39, 0.29) is 0 Å². The Morgan fingerprint density at radius 2 is 1.75 bits per heavy atom. The lowest BCUT2D eigenvalue weighted by molar-refractivity contribution is -0.128. The second-order valence-corrected chi connectivity index (χ2v) is 3.82. The Hall–Kier alpha value is -1.78. The van der Waals surface area contributed by atoms with Crippen LogP contribution in [0.4, 0.5) is 0 Å². The van der Waals surface area contributed by atoms with Crippen LogP contribution >= 0.6 is 0 Å². The van der Waals surface area contributed by atoms with Gasteiger partial charge < -0.3 is 0 Å². The minimum atomic E-state index is -1.19. The average Bonchev–Trinajstić information content (AvgIpc) is 2.43. The fraction of sp³-hybridized carbons (Fsp3) is 0.455. The molecule has 1 rings (SSSR count). The van der Waals surface area contributed by atoms with Gasteiger partial charge in [-0.25, -0.2) is 0 Å². The zero-order valence-corrected chi connectivity index (χ0v) is 9.77. The molecule has 0 bridgehead atoms. The van der Waals surface area contributed by atoms with Gasteiger partial charge in [0.15, 0.2) is 5.78 Å². The first-order chi connectivity index (χ1) is 7.34. The Morgan fingerprint density at radius 1 is 1.25 bits per heavy atom. The number of carbonyl (C=O) groups is 3. The van der Waals surface area contributed by atoms with Gasteiger partial charge in [-0.15, -0.1) is 0 Å². The SMILES string of the molecule is CC(=O)C(C(C)=O)C(=O)c1cn(C)nc1C. The minimum Gasteiger partial charge on any atom is -0.299 e. The van der Waals surface area contributed by atoms with Gasteiger partial charge in [-0.05, 0) is 20.8 Å². The first-order valence-corrected chi connectivity index (χ1v) is 4.90. The Kier molecular flexibility index (Phi) is 3.37. The van der Waals surface area contributed by atoms with Crippen LogP contribution in [0.5, 0.6) is 0 Å². The summed E-state index contributed by atoms with van der Waals surface area (Å²) in [7, 11) is 1.68. The number of hydrogen-bond donors (Lipinski definition) is 0. The van der Waals surface area contributed by atoms with E-state index in [1.807, 2.05) is 0 Å². The monoisotopic (exact) mass is 222 g/mol. The Labute approximate surface area is 93.4 Å². The van der Waals surface area contributed by atoms with Crippen molar-refractivity contribution in [2.45, 2.75) is 20.8 Å². The maximum Gasteiger partial charge on any atom is 0.184 e. The minimum absolute atomic E-state index is 0.331. The van der Waals surface area contributed by atoms with Crippen LogP contribution in [0.15, 0.2) is 6.20 Å². The molecule has 0 amide bonds. The van der Waals surface area contributed by atoms with E-state index in [1.165, 1.54) is 24.7 Å². The van der Waals surface area contributed by atoms with Crippen LogP contribution in [0.1, 0.15) is 29.9 Å². The quantitative estimate of drug-likeness (QED) is 0.555. The molecule has 0 saturated carbocycles. The summed E-state index contributed by atoms with van der Waals surface area (Å²) in [6.07, 6.45) is 1.52. The first-order valence-electron chi connectivity index (χ1n) is 4.90. The smallest absolute Gasteiger partial charge is 0.184 e. The van der Waals surface area contributed by atoms with Crippen LogP contribution in [0.25, 0.3) is 0 Å². The molecule has 0 unspecified atom stereocenters. The van der Waals surface area contributed by atoms with Crippen molar-refractivity contribution in [2.24, 2.45) is 13.0 Å². The van der Waals surface area contributed by atoms with Gasteiger partial charge in [-0.3, -0.25) is 19.1 Å². The highest BCUT2D eigenvalue weighted by molar-refractivity contribution is 6.23. The summed E-state index contributed by atoms with van der Waals surface area (Å²) in [5, 5.41) is 4.01. The molecule has 1 aromatic rings. The van der Waals surface area contributed by atoms with Gasteiger partial charge in [0.1, 0.15) is 17.5 Å². The summed E-state index contributed by atoms with van der Waals surface area (Å²) in [6, 6.07) is 0. The zero-order valence-electron chi connectivity index (χ0n) is 9.77. The largest absolute Gasteiger partial charge is 0.299 e. The van der Waals surface area contributed by atoms with Gasteiger partial charge in [-0.1, -0.05) is 0 Å². The second kappa shape index (κ2) is 4.38. The lowest BCUT2D eigenvalue weighted by atomic mass is 9.91. The molecule has 0 N–H and O–H groups in total. The number of nitrogens with zero attached hydrogens (tertiary/aromatic N) is 2. The van der Waals surface area contributed by atoms with Crippen LogP contribution in [-0.4, -0.2) is 27.1 Å². The molecule has 0 radical (unpaired) electrons. The molecule has 1 heterocycles. The number of carbonyl (C=O) groups excluding carboxylic acids is 3. The fourth-order valence-corrected chi connectivity index (χ4v) is 1.65. The van der Waals surface area contributed by atoms with Gasteiger partial charge in [0, 0.05) is 13.2 Å². The van der Waals surface area contributed by atoms with Crippen molar-refractivity contribution in [3.8, 4) is 0 Å². The Bertz CT molecular complexity index is 446. The summed E-state index contributed by atoms with van der Waals surface area (Å²) in [5.41, 5.74) is 0.859. The van der Waals surface area contributed by atoms with E-state index >= 15 is 0 Å². The maximum atomic E-state index is 12.0. The summed E-state index contributed by atoms with van der Waals surface area (Å²) in [5.74, 6) is -2.52. The van der Waals surface area contributed by atoms with Gasteiger partial charge in [0.25, 0.3) is 0 Å². The topological polar surface area (TPSA) is 69.0 Å². The van der Waals surface area contributed by atoms with Crippen molar-refractivity contribution in [3.63, 3.8) is 0 Å². The number of aryl methyl sites for hydroxylation is 2. The van der Waals surface area contributed by atoms with Crippen LogP contribution in [0.2, 0.25) is 0 Å². The lowest BCUT2D eigenvalue weighted by Gasteiger charge is -2.07. The third-order valence-corrected chi connectivity index (χ3v) is 2.35. The van der Waals surface area contributed by atoms with Crippen LogP contribution < -0.4 is 0 Å². The Balaban J connectivity index is 3.14. The molecule has 0 fully saturated rings. The molecule has 0 aliphatic rings. The summed E-state index contributed by atoms with van der Waals surface area (Å²) in [6.45, 7) is 4.16. The maximum absolute atomic E-state index is 12.0. The highest BCUT2D eigenvalue weighted by atomic mass is 16.2. The highest BCUT2D eigenvalue weighted by Crippen LogP contribution is 2.14. The predicted molar refractivity (Wildman–Crippen MR) is 57.1 cm³/mol. The van der Waals surface area contributed by atoms with Crippen molar-refractivity contribution in [3.05, 3.63) is 17.5 Å². The normalized spacial score (nSPS) is 10.6. The highest BCUT2D eigenvalue weighted by Gasteiger charge is 2.30. The molecule has 16 heavy (non-hydrogen) atoms. The van der Waals surface area contributed by atoms with E-state index < -0.39 is 23.3 Å². The number of Topliss-reactive ketones (excluding diaryl/α,β-unsaturated/α-hetero) is 3. The molecule has 1 aromatic heterocycles. The van der Waals surface area contributed by atoms with Crippen LogP contribution in [-0.2, 0) is 16.6 Å². The van der Waals surface area contributed by atoms with Crippen LogP contribution in [0.3, 0.4) is 0 Å². The number of ketones is 3. The molecule has 0 aliphatic carbocycles. The third kappa shape index (κ3) is 2.24. The zero-order chi connectivity index (χ0) is 12.5.